The Morgan fingerprint density at radius 2 is 0.958 bits per heavy atom. The summed E-state index contributed by atoms with van der Waals surface area (Å²) in [5.74, 6) is 0. The van der Waals surface area contributed by atoms with E-state index in [1.807, 2.05) is 74.1 Å². The number of hydrogen-bond acceptors (Lipinski definition) is 6. The minimum absolute atomic E-state index is 1.17. The molecule has 0 radical (unpaired) electrons. The van der Waals surface area contributed by atoms with E-state index in [2.05, 4.69) is 86.5 Å². The van der Waals surface area contributed by atoms with Crippen molar-refractivity contribution in [2.24, 2.45) is 0 Å². The van der Waals surface area contributed by atoms with Gasteiger partial charge < -0.3 is 0 Å². The van der Waals surface area contributed by atoms with Crippen LogP contribution in [0.15, 0.2) is 72.6 Å². The van der Waals surface area contributed by atoms with Crippen molar-refractivity contribution in [3.8, 4) is 48.8 Å². The third kappa shape index (κ3) is 9.18. The molecule has 6 aromatic heterocycles. The van der Waals surface area contributed by atoms with Crippen LogP contribution in [0.4, 0.5) is 0 Å². The first-order chi connectivity index (χ1) is 23.7. The summed E-state index contributed by atoms with van der Waals surface area (Å²) in [5, 5.41) is 2.20. The van der Waals surface area contributed by atoms with Crippen molar-refractivity contribution in [3.05, 3.63) is 88.6 Å². The molecule has 0 aliphatic carbocycles. The van der Waals surface area contributed by atoms with Gasteiger partial charge in [-0.2, -0.15) is 0 Å². The van der Waals surface area contributed by atoms with Crippen LogP contribution in [-0.4, -0.2) is 0 Å². The van der Waals surface area contributed by atoms with E-state index in [-0.39, 0.29) is 0 Å². The Labute approximate surface area is 312 Å². The maximum absolute atomic E-state index is 3.99. The van der Waals surface area contributed by atoms with E-state index in [4.69, 9.17) is 0 Å². The van der Waals surface area contributed by atoms with Gasteiger partial charge in [-0.25, -0.2) is 0 Å². The number of hydrogen-bond donors (Lipinski definition) is 0. The van der Waals surface area contributed by atoms with Gasteiger partial charge in [0, 0.05) is 53.6 Å². The van der Waals surface area contributed by atoms with Crippen molar-refractivity contribution in [1.82, 2.24) is 0 Å². The molecule has 0 nitrogen and oxygen atoms in total. The van der Waals surface area contributed by atoms with Gasteiger partial charge in [-0.3, -0.25) is 0 Å². The highest BCUT2D eigenvalue weighted by Crippen LogP contribution is 2.48. The molecule has 252 valence electrons. The molecule has 0 fully saturated rings. The van der Waals surface area contributed by atoms with E-state index in [0.29, 0.717) is 0 Å². The molecule has 6 rings (SSSR count). The molecule has 0 atom stereocenters. The van der Waals surface area contributed by atoms with Crippen LogP contribution in [0.2, 0.25) is 0 Å². The highest BCUT2D eigenvalue weighted by atomic mass is 32.1. The predicted octanol–water partition coefficient (Wildman–Crippen LogP) is 16.8. The summed E-state index contributed by atoms with van der Waals surface area (Å²) in [4.78, 5) is 15.4. The second kappa shape index (κ2) is 18.3. The lowest BCUT2D eigenvalue weighted by Gasteiger charge is -2.03. The van der Waals surface area contributed by atoms with E-state index in [1.54, 1.807) is 0 Å². The fourth-order valence-corrected chi connectivity index (χ4v) is 12.9. The van der Waals surface area contributed by atoms with Gasteiger partial charge >= 0.3 is 0 Å². The summed E-state index contributed by atoms with van der Waals surface area (Å²) >= 11 is 11.6. The molecule has 0 aliphatic heterocycles. The molecule has 0 bridgehead atoms. The van der Waals surface area contributed by atoms with Gasteiger partial charge in [0.1, 0.15) is 0 Å². The molecule has 0 aliphatic rings. The van der Waals surface area contributed by atoms with Crippen LogP contribution in [0, 0.1) is 0 Å². The predicted molar refractivity (Wildman–Crippen MR) is 225 cm³/mol. The fraction of sp³-hybridized carbons (Fsp3) is 0.381. The lowest BCUT2D eigenvalue weighted by molar-refractivity contribution is 0.608. The zero-order valence-electron chi connectivity index (χ0n) is 28.5. The number of thiophene rings is 6. The van der Waals surface area contributed by atoms with E-state index < -0.39 is 0 Å². The minimum Gasteiger partial charge on any atom is -0.143 e. The van der Waals surface area contributed by atoms with Crippen molar-refractivity contribution in [2.75, 3.05) is 0 Å². The molecule has 6 heteroatoms. The van der Waals surface area contributed by atoms with Crippen molar-refractivity contribution >= 4 is 74.1 Å². The lowest BCUT2D eigenvalue weighted by atomic mass is 10.0. The molecule has 0 unspecified atom stereocenters. The van der Waals surface area contributed by atoms with Crippen LogP contribution in [-0.2, 0) is 12.8 Å². The first-order valence-electron chi connectivity index (χ1n) is 17.9. The summed E-state index contributed by atoms with van der Waals surface area (Å²) in [6, 6.07) is 23.4. The van der Waals surface area contributed by atoms with Gasteiger partial charge in [-0.15, -0.1) is 68.0 Å². The Morgan fingerprint density at radius 1 is 0.479 bits per heavy atom. The van der Waals surface area contributed by atoms with E-state index >= 15 is 0 Å². The molecule has 6 heterocycles. The zero-order valence-corrected chi connectivity index (χ0v) is 33.4. The smallest absolute Gasteiger partial charge is 0.0481 e. The Kier molecular flexibility index (Phi) is 13.6. The van der Waals surface area contributed by atoms with Gasteiger partial charge in [0.15, 0.2) is 0 Å². The third-order valence-electron chi connectivity index (χ3n) is 8.95. The molecule has 0 spiro atoms. The summed E-state index contributed by atoms with van der Waals surface area (Å²) in [6.07, 6.45) is 20.4. The Morgan fingerprint density at radius 3 is 1.46 bits per heavy atom. The normalized spacial score (nSPS) is 11.5. The Balaban J connectivity index is 1.22. The monoisotopic (exact) mass is 744 g/mol. The summed E-state index contributed by atoms with van der Waals surface area (Å²) in [7, 11) is 0. The molecular formula is C42H48S6. The van der Waals surface area contributed by atoms with Crippen LogP contribution in [0.1, 0.15) is 107 Å². The van der Waals surface area contributed by atoms with Gasteiger partial charge in [0.25, 0.3) is 0 Å². The average molecular weight is 745 g/mol. The standard InChI is InChI=1S/C42H48S6/c1-4-7-9-11-13-15-18-30-28-39(33-20-17-27-43-33)47-41(30)37-25-23-34(45-37)35-24-26-38(46-35)42-31(19-16-14-12-10-8-5-2)29-40(48-42)36-22-21-32(6-3)44-36/h6,17,20-29H,3-5,7-16,18-19H2,1-2H3. The lowest BCUT2D eigenvalue weighted by Crippen LogP contribution is -1.86. The average Bonchev–Trinajstić information content (AvgIpc) is 3.94. The molecule has 0 N–H and O–H groups in total. The summed E-state index contributed by atoms with van der Waals surface area (Å²) in [5.41, 5.74) is 3.07. The maximum Gasteiger partial charge on any atom is 0.0481 e. The van der Waals surface area contributed by atoms with Gasteiger partial charge in [-0.1, -0.05) is 96.8 Å². The van der Waals surface area contributed by atoms with Crippen LogP contribution in [0.3, 0.4) is 0 Å². The zero-order chi connectivity index (χ0) is 33.1. The number of aryl methyl sites for hydroxylation is 2. The highest BCUT2D eigenvalue weighted by Gasteiger charge is 2.19. The quantitative estimate of drug-likeness (QED) is 0.0683. The summed E-state index contributed by atoms with van der Waals surface area (Å²) in [6.45, 7) is 8.59. The molecule has 0 aromatic carbocycles. The Bertz CT molecular complexity index is 1830. The van der Waals surface area contributed by atoms with Crippen molar-refractivity contribution in [2.45, 2.75) is 104 Å². The molecule has 0 amide bonds. The van der Waals surface area contributed by atoms with Gasteiger partial charge in [0.2, 0.25) is 0 Å². The second-order valence-electron chi connectivity index (χ2n) is 12.7. The van der Waals surface area contributed by atoms with Crippen molar-refractivity contribution in [1.29, 1.82) is 0 Å². The van der Waals surface area contributed by atoms with Crippen LogP contribution < -0.4 is 0 Å². The van der Waals surface area contributed by atoms with Crippen molar-refractivity contribution < 1.29 is 0 Å². The van der Waals surface area contributed by atoms with E-state index in [9.17, 15) is 0 Å². The molecule has 0 saturated carbocycles. The van der Waals surface area contributed by atoms with E-state index in [1.165, 1.54) is 155 Å². The summed E-state index contributed by atoms with van der Waals surface area (Å²) < 4.78 is 0. The van der Waals surface area contributed by atoms with Crippen LogP contribution >= 0.6 is 68.0 Å². The number of unbranched alkanes of at least 4 members (excludes halogenated alkanes) is 10. The molecule has 0 saturated heterocycles. The molecule has 6 aromatic rings. The Hall–Kier alpha value is -2.06. The SMILES string of the molecule is C=Cc1ccc(-c2cc(CCCCCCCC)c(-c3ccc(-c4ccc(-c5sc(-c6cccs6)cc5CCCCCCCC)s4)s3)s2)s1. The minimum atomic E-state index is 1.17. The second-order valence-corrected chi connectivity index (χ2v) is 19.0. The third-order valence-corrected chi connectivity index (χ3v) is 16.4. The molecule has 48 heavy (non-hydrogen) atoms. The van der Waals surface area contributed by atoms with E-state index in [0.717, 1.165) is 0 Å². The largest absolute Gasteiger partial charge is 0.143 e. The first-order valence-corrected chi connectivity index (χ1v) is 22.9. The first kappa shape index (κ1) is 35.8. The highest BCUT2D eigenvalue weighted by molar-refractivity contribution is 7.30. The van der Waals surface area contributed by atoms with Gasteiger partial charge in [0.05, 0.1) is 0 Å². The number of rotatable bonds is 20. The van der Waals surface area contributed by atoms with Crippen molar-refractivity contribution in [3.63, 3.8) is 0 Å². The maximum atomic E-state index is 3.99. The van der Waals surface area contributed by atoms with Crippen LogP contribution in [0.25, 0.3) is 54.8 Å². The topological polar surface area (TPSA) is 0 Å². The fourth-order valence-electron chi connectivity index (χ4n) is 6.28. The van der Waals surface area contributed by atoms with Crippen LogP contribution in [0.5, 0.6) is 0 Å². The molecular weight excluding hydrogens is 697 g/mol. The van der Waals surface area contributed by atoms with Gasteiger partial charge in [-0.05, 0) is 96.8 Å².